The van der Waals surface area contributed by atoms with Crippen LogP contribution in [-0.2, 0) is 5.41 Å². The number of carbonyl (C=O) groups excluding carboxylic acids is 3. The molecule has 5 aromatic rings. The van der Waals surface area contributed by atoms with Gasteiger partial charge in [0.25, 0.3) is 11.8 Å². The van der Waals surface area contributed by atoms with E-state index in [2.05, 4.69) is 20.3 Å². The molecule has 0 unspecified atom stereocenters. The minimum Gasteiger partial charge on any atom is -0.358 e. The van der Waals surface area contributed by atoms with Crippen molar-refractivity contribution in [1.29, 1.82) is 0 Å². The number of hydrogen-bond acceptors (Lipinski definition) is 3. The van der Waals surface area contributed by atoms with Crippen molar-refractivity contribution in [3.05, 3.63) is 101 Å². The Kier molecular flexibility index (Phi) is 3.99. The summed E-state index contributed by atoms with van der Waals surface area (Å²) >= 11 is 0. The molecule has 1 saturated heterocycles. The van der Waals surface area contributed by atoms with E-state index in [0.717, 1.165) is 45.1 Å². The fourth-order valence-corrected chi connectivity index (χ4v) is 6.61. The number of aromatic amines is 3. The molecule has 1 spiro atoms. The van der Waals surface area contributed by atoms with E-state index in [9.17, 15) is 14.4 Å². The normalized spacial score (nSPS) is 21.3. The summed E-state index contributed by atoms with van der Waals surface area (Å²) in [6.07, 6.45) is 4.50. The molecule has 186 valence electrons. The number of ketones is 1. The van der Waals surface area contributed by atoms with Crippen molar-refractivity contribution >= 4 is 45.1 Å². The Hall–Kier alpha value is -4.85. The Morgan fingerprint density at radius 3 is 2.66 bits per heavy atom. The smallest absolute Gasteiger partial charge is 0.274 e. The molecule has 0 bridgehead atoms. The standard InChI is InChI=1S/C30H23N5O3/c1-15-13-31-27-24(36)11-25-30(26(15)27)12-18(30)14-35(25)29(38)23-10-17-8-19(6-7-21(17)34-23)32-28(37)22-9-16-4-2-3-5-20(16)33-22/h2-11,13,18,31,33-34H,12,14H2,1H3,(H,32,37)/t18-,30+/m0/s1. The lowest BCUT2D eigenvalue weighted by Crippen LogP contribution is -2.34. The number of rotatable bonds is 3. The maximum Gasteiger partial charge on any atom is 0.274 e. The average Bonchev–Trinajstić information content (AvgIpc) is 3.37. The van der Waals surface area contributed by atoms with Crippen molar-refractivity contribution < 1.29 is 14.4 Å². The van der Waals surface area contributed by atoms with Crippen LogP contribution in [0.15, 0.2) is 72.6 Å². The zero-order valence-corrected chi connectivity index (χ0v) is 20.5. The highest BCUT2D eigenvalue weighted by molar-refractivity contribution is 6.10. The minimum absolute atomic E-state index is 0.0777. The van der Waals surface area contributed by atoms with Crippen LogP contribution >= 0.6 is 0 Å². The number of carbonyl (C=O) groups is 3. The number of H-pyrrole nitrogens is 3. The second-order valence-corrected chi connectivity index (χ2v) is 10.6. The summed E-state index contributed by atoms with van der Waals surface area (Å²) in [4.78, 5) is 50.6. The summed E-state index contributed by atoms with van der Waals surface area (Å²) < 4.78 is 0. The summed E-state index contributed by atoms with van der Waals surface area (Å²) in [5, 5.41) is 4.73. The van der Waals surface area contributed by atoms with Crippen LogP contribution in [0, 0.1) is 12.8 Å². The van der Waals surface area contributed by atoms with E-state index in [-0.39, 0.29) is 23.0 Å². The number of aryl methyl sites for hydroxylation is 1. The fourth-order valence-electron chi connectivity index (χ4n) is 6.61. The van der Waals surface area contributed by atoms with E-state index in [1.807, 2.05) is 67.7 Å². The van der Waals surface area contributed by atoms with Crippen LogP contribution < -0.4 is 5.32 Å². The maximum atomic E-state index is 13.7. The molecule has 2 aromatic carbocycles. The number of piperidine rings is 1. The first-order chi connectivity index (χ1) is 18.4. The Morgan fingerprint density at radius 2 is 1.79 bits per heavy atom. The van der Waals surface area contributed by atoms with Gasteiger partial charge in [0.2, 0.25) is 5.78 Å². The van der Waals surface area contributed by atoms with Crippen LogP contribution in [0.4, 0.5) is 5.69 Å². The molecule has 2 atom stereocenters. The number of benzene rings is 2. The second kappa shape index (κ2) is 7.13. The lowest BCUT2D eigenvalue weighted by atomic mass is 9.83. The molecule has 0 radical (unpaired) electrons. The van der Waals surface area contributed by atoms with Gasteiger partial charge in [0.1, 0.15) is 11.4 Å². The van der Waals surface area contributed by atoms with Crippen LogP contribution in [0.25, 0.3) is 21.8 Å². The molecule has 8 nitrogen and oxygen atoms in total. The summed E-state index contributed by atoms with van der Waals surface area (Å²) in [5.41, 5.74) is 6.67. The molecule has 2 aliphatic carbocycles. The number of para-hydroxylation sites is 1. The van der Waals surface area contributed by atoms with Crippen LogP contribution in [0.3, 0.4) is 0 Å². The van der Waals surface area contributed by atoms with Gasteiger partial charge in [-0.25, -0.2) is 0 Å². The molecule has 38 heavy (non-hydrogen) atoms. The average molecular weight is 502 g/mol. The van der Waals surface area contributed by atoms with Gasteiger partial charge in [0, 0.05) is 57.4 Å². The summed E-state index contributed by atoms with van der Waals surface area (Å²) in [7, 11) is 0. The Labute approximate surface area is 216 Å². The van der Waals surface area contributed by atoms with Gasteiger partial charge in [-0.1, -0.05) is 18.2 Å². The summed E-state index contributed by atoms with van der Waals surface area (Å²) in [6, 6.07) is 16.9. The number of nitrogens with one attached hydrogen (secondary N) is 4. The van der Waals surface area contributed by atoms with Crippen LogP contribution in [0.2, 0.25) is 0 Å². The van der Waals surface area contributed by atoms with E-state index < -0.39 is 0 Å². The van der Waals surface area contributed by atoms with Gasteiger partial charge in [-0.05, 0) is 66.8 Å². The highest BCUT2D eigenvalue weighted by Gasteiger charge is 2.68. The largest absolute Gasteiger partial charge is 0.358 e. The molecule has 8 heteroatoms. The number of hydrogen-bond donors (Lipinski definition) is 4. The van der Waals surface area contributed by atoms with Crippen molar-refractivity contribution in [1.82, 2.24) is 19.9 Å². The summed E-state index contributed by atoms with van der Waals surface area (Å²) in [6.45, 7) is 2.62. The number of allylic oxidation sites excluding steroid dienone is 2. The molecular formula is C30H23N5O3. The molecule has 3 aromatic heterocycles. The topological polar surface area (TPSA) is 114 Å². The van der Waals surface area contributed by atoms with Crippen molar-refractivity contribution in [3.63, 3.8) is 0 Å². The molecule has 4 N–H and O–H groups in total. The van der Waals surface area contributed by atoms with Crippen molar-refractivity contribution in [2.75, 3.05) is 11.9 Å². The van der Waals surface area contributed by atoms with Crippen LogP contribution in [-0.4, -0.2) is 44.0 Å². The van der Waals surface area contributed by atoms with E-state index in [0.29, 0.717) is 35.2 Å². The minimum atomic E-state index is -0.234. The third kappa shape index (κ3) is 2.77. The highest BCUT2D eigenvalue weighted by atomic mass is 16.2. The fraction of sp³-hybridized carbons (Fsp3) is 0.167. The third-order valence-electron chi connectivity index (χ3n) is 8.42. The van der Waals surface area contributed by atoms with E-state index in [1.54, 1.807) is 11.0 Å². The number of aromatic nitrogens is 3. The van der Waals surface area contributed by atoms with Crippen LogP contribution in [0.5, 0.6) is 0 Å². The van der Waals surface area contributed by atoms with Gasteiger partial charge in [-0.15, -0.1) is 0 Å². The Bertz CT molecular complexity index is 1870. The molecule has 4 heterocycles. The van der Waals surface area contributed by atoms with Crippen molar-refractivity contribution in [2.24, 2.45) is 5.92 Å². The van der Waals surface area contributed by atoms with Gasteiger partial charge in [0.05, 0.1) is 5.69 Å². The quantitative estimate of drug-likeness (QED) is 0.278. The molecular weight excluding hydrogens is 478 g/mol. The molecule has 8 rings (SSSR count). The van der Waals surface area contributed by atoms with E-state index >= 15 is 0 Å². The zero-order chi connectivity index (χ0) is 25.8. The highest BCUT2D eigenvalue weighted by Crippen LogP contribution is 2.67. The molecule has 3 aliphatic rings. The SMILES string of the molecule is Cc1c[nH]c2c1[C@]13C[C@H]1CN(C(=O)c1cc4cc(NC(=O)c5cc6ccccc6[nH]5)ccc4[nH]1)C3=CC2=O. The number of nitrogens with zero attached hydrogens (tertiary/aromatic N) is 1. The lowest BCUT2D eigenvalue weighted by Gasteiger charge is -2.28. The number of likely N-dealkylation sites (tertiary alicyclic amines) is 1. The lowest BCUT2D eigenvalue weighted by molar-refractivity contribution is 0.0806. The monoisotopic (exact) mass is 501 g/mol. The van der Waals surface area contributed by atoms with E-state index in [4.69, 9.17) is 0 Å². The first-order valence-corrected chi connectivity index (χ1v) is 12.7. The molecule has 2 amide bonds. The predicted octanol–water partition coefficient (Wildman–Crippen LogP) is 5.03. The number of amides is 2. The van der Waals surface area contributed by atoms with Gasteiger partial charge < -0.3 is 25.2 Å². The van der Waals surface area contributed by atoms with Crippen LogP contribution in [0.1, 0.15) is 49.0 Å². The van der Waals surface area contributed by atoms with Crippen molar-refractivity contribution in [3.8, 4) is 0 Å². The number of fused-ring (bicyclic) bond motifs is 3. The predicted molar refractivity (Wildman–Crippen MR) is 143 cm³/mol. The molecule has 2 fully saturated rings. The van der Waals surface area contributed by atoms with E-state index in [1.165, 1.54) is 0 Å². The second-order valence-electron chi connectivity index (χ2n) is 10.6. The number of anilines is 1. The first kappa shape index (κ1) is 21.3. The van der Waals surface area contributed by atoms with Gasteiger partial charge in [-0.2, -0.15) is 0 Å². The van der Waals surface area contributed by atoms with Gasteiger partial charge in [-0.3, -0.25) is 14.4 Å². The first-order valence-electron chi connectivity index (χ1n) is 12.7. The maximum absolute atomic E-state index is 13.7. The Balaban J connectivity index is 1.07. The van der Waals surface area contributed by atoms with Gasteiger partial charge >= 0.3 is 0 Å². The summed E-state index contributed by atoms with van der Waals surface area (Å²) in [5.74, 6) is -0.129. The van der Waals surface area contributed by atoms with Gasteiger partial charge in [0.15, 0.2) is 0 Å². The Morgan fingerprint density at radius 1 is 1.00 bits per heavy atom. The molecule has 1 aliphatic heterocycles. The van der Waals surface area contributed by atoms with Crippen molar-refractivity contribution in [2.45, 2.75) is 18.8 Å². The third-order valence-corrected chi connectivity index (χ3v) is 8.42. The molecule has 1 saturated carbocycles. The zero-order valence-electron chi connectivity index (χ0n) is 20.5.